The summed E-state index contributed by atoms with van der Waals surface area (Å²) in [5.74, 6) is -0.353. The highest BCUT2D eigenvalue weighted by molar-refractivity contribution is 9.10. The Hall–Kier alpha value is -2.55. The summed E-state index contributed by atoms with van der Waals surface area (Å²) >= 11 is 3.39. The number of halogens is 4. The van der Waals surface area contributed by atoms with E-state index in [4.69, 9.17) is 4.74 Å². The predicted molar refractivity (Wildman–Crippen MR) is 102 cm³/mol. The molecule has 0 saturated carbocycles. The van der Waals surface area contributed by atoms with Crippen LogP contribution in [0.1, 0.15) is 22.3 Å². The second kappa shape index (κ2) is 9.59. The maximum absolute atomic E-state index is 12.1. The minimum atomic E-state index is -4.47. The first-order chi connectivity index (χ1) is 13.2. The average molecular weight is 459 g/mol. The molecule has 0 aliphatic rings. The molecule has 0 radical (unpaired) electrons. The number of rotatable bonds is 7. The van der Waals surface area contributed by atoms with E-state index in [1.165, 1.54) is 24.3 Å². The van der Waals surface area contributed by atoms with Crippen molar-refractivity contribution in [2.75, 3.05) is 19.0 Å². The van der Waals surface area contributed by atoms with Crippen LogP contribution in [0.25, 0.3) is 0 Å². The summed E-state index contributed by atoms with van der Waals surface area (Å²) in [6.45, 7) is -1.40. The number of alkyl halides is 3. The van der Waals surface area contributed by atoms with Crippen LogP contribution in [0.2, 0.25) is 0 Å². The lowest BCUT2D eigenvalue weighted by molar-refractivity contribution is -0.123. The van der Waals surface area contributed by atoms with Crippen molar-refractivity contribution in [3.8, 4) is 5.75 Å². The molecule has 150 valence electrons. The smallest absolute Gasteiger partial charge is 0.405 e. The Kier molecular flexibility index (Phi) is 7.45. The van der Waals surface area contributed by atoms with Crippen LogP contribution in [0.15, 0.2) is 46.9 Å². The number of carbonyl (C=O) groups excluding carboxylic acids is 2. The molecule has 2 N–H and O–H groups in total. The number of carbonyl (C=O) groups is 2. The van der Waals surface area contributed by atoms with Gasteiger partial charge in [0.05, 0.1) is 11.6 Å². The molecule has 0 saturated heterocycles. The molecule has 0 bridgehead atoms. The van der Waals surface area contributed by atoms with Gasteiger partial charge in [0.15, 0.2) is 0 Å². The fourth-order valence-electron chi connectivity index (χ4n) is 2.33. The molecule has 0 spiro atoms. The van der Waals surface area contributed by atoms with Gasteiger partial charge in [-0.1, -0.05) is 6.07 Å². The summed E-state index contributed by atoms with van der Waals surface area (Å²) in [6, 6.07) is 11.2. The van der Waals surface area contributed by atoms with Gasteiger partial charge in [-0.2, -0.15) is 13.2 Å². The van der Waals surface area contributed by atoms with Gasteiger partial charge >= 0.3 is 6.18 Å². The van der Waals surface area contributed by atoms with Crippen molar-refractivity contribution in [1.82, 2.24) is 5.32 Å². The standard InChI is InChI=1S/C19H18BrF3N2O3/c1-28-16-8-2-12(10-15(16)20)3-9-17(26)25-14-6-4-13(5-7-14)18(27)24-11-19(21,22)23/h2,4-8,10H,3,9,11H2,1H3,(H,24,27)(H,25,26). The molecule has 0 atom stereocenters. The summed E-state index contributed by atoms with van der Waals surface area (Å²) in [6.07, 6.45) is -3.71. The molecule has 2 amide bonds. The summed E-state index contributed by atoms with van der Waals surface area (Å²) < 4.78 is 42.3. The van der Waals surface area contributed by atoms with Crippen LogP contribution in [0.5, 0.6) is 5.75 Å². The molecule has 0 fully saturated rings. The van der Waals surface area contributed by atoms with E-state index in [0.29, 0.717) is 17.9 Å². The van der Waals surface area contributed by atoms with E-state index in [1.54, 1.807) is 18.5 Å². The maximum Gasteiger partial charge on any atom is 0.405 e. The fraction of sp³-hybridized carbons (Fsp3) is 0.263. The number of nitrogens with one attached hydrogen (secondary N) is 2. The number of hydrogen-bond donors (Lipinski definition) is 2. The van der Waals surface area contributed by atoms with Gasteiger partial charge in [-0.15, -0.1) is 0 Å². The highest BCUT2D eigenvalue weighted by Crippen LogP contribution is 2.26. The monoisotopic (exact) mass is 458 g/mol. The lowest BCUT2D eigenvalue weighted by Gasteiger charge is -2.09. The molecule has 0 unspecified atom stereocenters. The number of anilines is 1. The molecule has 9 heteroatoms. The molecule has 5 nitrogen and oxygen atoms in total. The van der Waals surface area contributed by atoms with E-state index in [9.17, 15) is 22.8 Å². The minimum absolute atomic E-state index is 0.0744. The molecule has 0 aliphatic heterocycles. The third-order valence-electron chi connectivity index (χ3n) is 3.74. The Bertz CT molecular complexity index is 839. The van der Waals surface area contributed by atoms with Gasteiger partial charge in [0.1, 0.15) is 12.3 Å². The third kappa shape index (κ3) is 6.88. The van der Waals surface area contributed by atoms with E-state index < -0.39 is 18.6 Å². The van der Waals surface area contributed by atoms with Crippen molar-refractivity contribution in [2.24, 2.45) is 0 Å². The molecule has 28 heavy (non-hydrogen) atoms. The molecular formula is C19H18BrF3N2O3. The van der Waals surface area contributed by atoms with E-state index in [2.05, 4.69) is 21.2 Å². The van der Waals surface area contributed by atoms with Gasteiger partial charge in [0, 0.05) is 17.7 Å². The van der Waals surface area contributed by atoms with Crippen molar-refractivity contribution >= 4 is 33.4 Å². The van der Waals surface area contributed by atoms with Crippen molar-refractivity contribution in [2.45, 2.75) is 19.0 Å². The molecule has 2 aromatic carbocycles. The first kappa shape index (κ1) is 21.7. The second-order valence-corrected chi connectivity index (χ2v) is 6.75. The number of methoxy groups -OCH3 is 1. The lowest BCUT2D eigenvalue weighted by Crippen LogP contribution is -2.33. The summed E-state index contributed by atoms with van der Waals surface area (Å²) in [5.41, 5.74) is 1.48. The van der Waals surface area contributed by atoms with E-state index >= 15 is 0 Å². The van der Waals surface area contributed by atoms with Crippen molar-refractivity contribution in [3.63, 3.8) is 0 Å². The zero-order valence-corrected chi connectivity index (χ0v) is 16.5. The zero-order chi connectivity index (χ0) is 20.7. The van der Waals surface area contributed by atoms with Crippen LogP contribution in [0.3, 0.4) is 0 Å². The van der Waals surface area contributed by atoms with Gasteiger partial charge < -0.3 is 15.4 Å². The summed E-state index contributed by atoms with van der Waals surface area (Å²) in [5, 5.41) is 4.47. The molecule has 2 aromatic rings. The highest BCUT2D eigenvalue weighted by Gasteiger charge is 2.27. The summed E-state index contributed by atoms with van der Waals surface area (Å²) in [4.78, 5) is 23.7. The van der Waals surface area contributed by atoms with Gasteiger partial charge in [-0.05, 0) is 64.3 Å². The SMILES string of the molecule is COc1ccc(CCC(=O)Nc2ccc(C(=O)NCC(F)(F)F)cc2)cc1Br. The van der Waals surface area contributed by atoms with Crippen LogP contribution < -0.4 is 15.4 Å². The van der Waals surface area contributed by atoms with Crippen molar-refractivity contribution < 1.29 is 27.5 Å². The molecule has 0 heterocycles. The molecule has 0 aliphatic carbocycles. The van der Waals surface area contributed by atoms with E-state index in [1.807, 2.05) is 12.1 Å². The number of hydrogen-bond acceptors (Lipinski definition) is 3. The topological polar surface area (TPSA) is 67.4 Å². The first-order valence-corrected chi connectivity index (χ1v) is 9.04. The first-order valence-electron chi connectivity index (χ1n) is 8.25. The normalized spacial score (nSPS) is 11.0. The number of amides is 2. The summed E-state index contributed by atoms with van der Waals surface area (Å²) in [7, 11) is 1.57. The van der Waals surface area contributed by atoms with Crippen LogP contribution in [-0.2, 0) is 11.2 Å². The maximum atomic E-state index is 12.1. The quantitative estimate of drug-likeness (QED) is 0.648. The van der Waals surface area contributed by atoms with Gasteiger partial charge in [0.25, 0.3) is 5.91 Å². The average Bonchev–Trinajstić information content (AvgIpc) is 2.64. The Balaban J connectivity index is 1.85. The molecule has 0 aromatic heterocycles. The Morgan fingerprint density at radius 3 is 2.36 bits per heavy atom. The molecule has 2 rings (SSSR count). The zero-order valence-electron chi connectivity index (χ0n) is 14.9. The van der Waals surface area contributed by atoms with Crippen LogP contribution in [0.4, 0.5) is 18.9 Å². The molecular weight excluding hydrogens is 441 g/mol. The van der Waals surface area contributed by atoms with Crippen LogP contribution in [0, 0.1) is 0 Å². The van der Waals surface area contributed by atoms with Crippen molar-refractivity contribution in [1.29, 1.82) is 0 Å². The van der Waals surface area contributed by atoms with Gasteiger partial charge in [-0.3, -0.25) is 9.59 Å². The van der Waals surface area contributed by atoms with Crippen molar-refractivity contribution in [3.05, 3.63) is 58.1 Å². The predicted octanol–water partition coefficient (Wildman–Crippen LogP) is 4.32. The second-order valence-electron chi connectivity index (χ2n) is 5.89. The van der Waals surface area contributed by atoms with Crippen LogP contribution in [-0.4, -0.2) is 31.6 Å². The minimum Gasteiger partial charge on any atom is -0.496 e. The van der Waals surface area contributed by atoms with E-state index in [0.717, 1.165) is 10.0 Å². The third-order valence-corrected chi connectivity index (χ3v) is 4.36. The van der Waals surface area contributed by atoms with Crippen LogP contribution >= 0.6 is 15.9 Å². The number of ether oxygens (including phenoxy) is 1. The lowest BCUT2D eigenvalue weighted by atomic mass is 10.1. The van der Waals surface area contributed by atoms with E-state index in [-0.39, 0.29) is 17.9 Å². The number of aryl methyl sites for hydroxylation is 1. The van der Waals surface area contributed by atoms with Gasteiger partial charge in [0.2, 0.25) is 5.91 Å². The Morgan fingerprint density at radius 2 is 1.79 bits per heavy atom. The van der Waals surface area contributed by atoms with Gasteiger partial charge in [-0.25, -0.2) is 0 Å². The Morgan fingerprint density at radius 1 is 1.11 bits per heavy atom. The largest absolute Gasteiger partial charge is 0.496 e. The number of benzene rings is 2. The highest BCUT2D eigenvalue weighted by atomic mass is 79.9. The fourth-order valence-corrected chi connectivity index (χ4v) is 2.92. The Labute approximate surface area is 168 Å².